The normalized spacial score (nSPS) is 12.2. The lowest BCUT2D eigenvalue weighted by Gasteiger charge is -2.16. The van der Waals surface area contributed by atoms with Crippen LogP contribution in [0.5, 0.6) is 0 Å². The van der Waals surface area contributed by atoms with Crippen LogP contribution in [0.25, 0.3) is 0 Å². The molecule has 0 aromatic heterocycles. The van der Waals surface area contributed by atoms with Crippen LogP contribution in [-0.2, 0) is 0 Å². The average Bonchev–Trinajstić information content (AvgIpc) is 2.27. The quantitative estimate of drug-likeness (QED) is 0.819. The van der Waals surface area contributed by atoms with Crippen molar-refractivity contribution in [3.8, 4) is 0 Å². The molecule has 1 aromatic rings. The number of hydrogen-bond donors (Lipinski definition) is 2. The van der Waals surface area contributed by atoms with Crippen LogP contribution >= 0.6 is 15.9 Å². The summed E-state index contributed by atoms with van der Waals surface area (Å²) in [7, 11) is 0. The summed E-state index contributed by atoms with van der Waals surface area (Å²) in [5, 5.41) is 3.02. The van der Waals surface area contributed by atoms with Crippen molar-refractivity contribution in [2.24, 2.45) is 0 Å². The maximum atomic E-state index is 12.0. The molecule has 1 aromatic carbocycles. The fourth-order valence-electron chi connectivity index (χ4n) is 1.74. The standard InChI is InChI=1S/C13H19BrN2O/c1-3-5-12(4-2)16-13(17)9-6-10(14)8-11(15)7-9/h6-8,12H,3-5,15H2,1-2H3,(H,16,17). The van der Waals surface area contributed by atoms with Crippen molar-refractivity contribution >= 4 is 27.5 Å². The van der Waals surface area contributed by atoms with Crippen LogP contribution in [0.4, 0.5) is 5.69 Å². The predicted molar refractivity (Wildman–Crippen MR) is 75.0 cm³/mol. The Hall–Kier alpha value is -1.03. The van der Waals surface area contributed by atoms with Gasteiger partial charge in [-0.05, 0) is 31.0 Å². The van der Waals surface area contributed by atoms with Crippen LogP contribution in [0, 0.1) is 0 Å². The van der Waals surface area contributed by atoms with Gasteiger partial charge in [0.15, 0.2) is 0 Å². The number of carbonyl (C=O) groups excluding carboxylic acids is 1. The van der Waals surface area contributed by atoms with Gasteiger partial charge in [0.25, 0.3) is 5.91 Å². The van der Waals surface area contributed by atoms with Crippen LogP contribution in [0.2, 0.25) is 0 Å². The molecule has 0 fully saturated rings. The average molecular weight is 299 g/mol. The highest BCUT2D eigenvalue weighted by molar-refractivity contribution is 9.10. The van der Waals surface area contributed by atoms with Crippen LogP contribution in [-0.4, -0.2) is 11.9 Å². The molecule has 3 nitrogen and oxygen atoms in total. The summed E-state index contributed by atoms with van der Waals surface area (Å²) in [6.07, 6.45) is 3.02. The molecule has 0 saturated carbocycles. The third-order valence-corrected chi connectivity index (χ3v) is 3.11. The highest BCUT2D eigenvalue weighted by Crippen LogP contribution is 2.17. The number of carbonyl (C=O) groups is 1. The Morgan fingerprint density at radius 1 is 1.41 bits per heavy atom. The van der Waals surface area contributed by atoms with E-state index in [4.69, 9.17) is 5.73 Å². The van der Waals surface area contributed by atoms with Gasteiger partial charge in [-0.2, -0.15) is 0 Å². The van der Waals surface area contributed by atoms with Crippen molar-refractivity contribution in [3.63, 3.8) is 0 Å². The molecule has 0 spiro atoms. The van der Waals surface area contributed by atoms with Crippen molar-refractivity contribution in [2.45, 2.75) is 39.2 Å². The van der Waals surface area contributed by atoms with E-state index in [1.54, 1.807) is 18.2 Å². The fourth-order valence-corrected chi connectivity index (χ4v) is 2.25. The summed E-state index contributed by atoms with van der Waals surface area (Å²) >= 11 is 3.34. The molecule has 0 bridgehead atoms. The number of hydrogen-bond acceptors (Lipinski definition) is 2. The zero-order valence-corrected chi connectivity index (χ0v) is 11.9. The summed E-state index contributed by atoms with van der Waals surface area (Å²) in [6.45, 7) is 4.20. The molecule has 4 heteroatoms. The summed E-state index contributed by atoms with van der Waals surface area (Å²) in [5.41, 5.74) is 6.90. The lowest BCUT2D eigenvalue weighted by molar-refractivity contribution is 0.0933. The zero-order chi connectivity index (χ0) is 12.8. The fraction of sp³-hybridized carbons (Fsp3) is 0.462. The van der Waals surface area contributed by atoms with Crippen LogP contribution < -0.4 is 11.1 Å². The van der Waals surface area contributed by atoms with E-state index in [0.29, 0.717) is 11.3 Å². The lowest BCUT2D eigenvalue weighted by Crippen LogP contribution is -2.34. The van der Waals surface area contributed by atoms with Crippen LogP contribution in [0.3, 0.4) is 0 Å². The predicted octanol–water partition coefficient (Wildman–Crippen LogP) is 3.34. The van der Waals surface area contributed by atoms with E-state index in [-0.39, 0.29) is 11.9 Å². The second kappa shape index (κ2) is 6.64. The van der Waals surface area contributed by atoms with E-state index in [1.165, 1.54) is 0 Å². The first kappa shape index (κ1) is 14.0. The molecule has 0 heterocycles. The second-order valence-electron chi connectivity index (χ2n) is 4.14. The second-order valence-corrected chi connectivity index (χ2v) is 5.06. The zero-order valence-electron chi connectivity index (χ0n) is 10.3. The topological polar surface area (TPSA) is 55.1 Å². The molecule has 1 unspecified atom stereocenters. The summed E-state index contributed by atoms with van der Waals surface area (Å²) < 4.78 is 0.825. The molecular weight excluding hydrogens is 280 g/mol. The van der Waals surface area contributed by atoms with E-state index in [0.717, 1.165) is 23.7 Å². The number of anilines is 1. The maximum absolute atomic E-state index is 12.0. The number of nitrogens with two attached hydrogens (primary N) is 1. The molecule has 1 amide bonds. The number of amides is 1. The molecule has 0 aliphatic rings. The third kappa shape index (κ3) is 4.38. The van der Waals surface area contributed by atoms with Gasteiger partial charge < -0.3 is 11.1 Å². The number of nitrogen functional groups attached to an aromatic ring is 1. The van der Waals surface area contributed by atoms with Gasteiger partial charge in [0.05, 0.1) is 0 Å². The molecule has 0 saturated heterocycles. The Balaban J connectivity index is 2.75. The minimum absolute atomic E-state index is 0.0571. The van der Waals surface area contributed by atoms with E-state index in [1.807, 2.05) is 0 Å². The summed E-state index contributed by atoms with van der Waals surface area (Å²) in [6, 6.07) is 5.50. The van der Waals surface area contributed by atoms with Gasteiger partial charge in [0.1, 0.15) is 0 Å². The Morgan fingerprint density at radius 2 is 2.12 bits per heavy atom. The van der Waals surface area contributed by atoms with Crippen molar-refractivity contribution in [1.82, 2.24) is 5.32 Å². The van der Waals surface area contributed by atoms with Crippen molar-refractivity contribution in [2.75, 3.05) is 5.73 Å². The Labute approximate surface area is 111 Å². The van der Waals surface area contributed by atoms with Gasteiger partial charge in [0, 0.05) is 21.8 Å². The summed E-state index contributed by atoms with van der Waals surface area (Å²) in [5.74, 6) is -0.0571. The molecule has 3 N–H and O–H groups in total. The molecule has 1 atom stereocenters. The van der Waals surface area contributed by atoms with Gasteiger partial charge >= 0.3 is 0 Å². The largest absolute Gasteiger partial charge is 0.399 e. The van der Waals surface area contributed by atoms with Gasteiger partial charge in [-0.15, -0.1) is 0 Å². The highest BCUT2D eigenvalue weighted by Gasteiger charge is 2.12. The van der Waals surface area contributed by atoms with Gasteiger partial charge in [-0.25, -0.2) is 0 Å². The first-order valence-electron chi connectivity index (χ1n) is 5.93. The minimum atomic E-state index is -0.0571. The van der Waals surface area contributed by atoms with Gasteiger partial charge in [-0.1, -0.05) is 36.2 Å². The highest BCUT2D eigenvalue weighted by atomic mass is 79.9. The number of nitrogens with one attached hydrogen (secondary N) is 1. The van der Waals surface area contributed by atoms with E-state index >= 15 is 0 Å². The van der Waals surface area contributed by atoms with E-state index < -0.39 is 0 Å². The monoisotopic (exact) mass is 298 g/mol. The van der Waals surface area contributed by atoms with Gasteiger partial charge in [-0.3, -0.25) is 4.79 Å². The number of benzene rings is 1. The Morgan fingerprint density at radius 3 is 2.65 bits per heavy atom. The number of rotatable bonds is 5. The summed E-state index contributed by atoms with van der Waals surface area (Å²) in [4.78, 5) is 12.0. The Kier molecular flexibility index (Phi) is 5.48. The molecular formula is C13H19BrN2O. The number of halogens is 1. The molecule has 1 rings (SSSR count). The Bertz CT molecular complexity index is 373. The molecule has 17 heavy (non-hydrogen) atoms. The smallest absolute Gasteiger partial charge is 0.251 e. The minimum Gasteiger partial charge on any atom is -0.399 e. The van der Waals surface area contributed by atoms with E-state index in [2.05, 4.69) is 35.1 Å². The first-order chi connectivity index (χ1) is 8.06. The van der Waals surface area contributed by atoms with Crippen LogP contribution in [0.15, 0.2) is 22.7 Å². The lowest BCUT2D eigenvalue weighted by atomic mass is 10.1. The third-order valence-electron chi connectivity index (χ3n) is 2.65. The van der Waals surface area contributed by atoms with Crippen molar-refractivity contribution in [3.05, 3.63) is 28.2 Å². The molecule has 0 aliphatic heterocycles. The van der Waals surface area contributed by atoms with E-state index in [9.17, 15) is 4.79 Å². The molecule has 0 radical (unpaired) electrons. The SMILES string of the molecule is CCCC(CC)NC(=O)c1cc(N)cc(Br)c1. The first-order valence-corrected chi connectivity index (χ1v) is 6.73. The molecule has 0 aliphatic carbocycles. The van der Waals surface area contributed by atoms with Crippen molar-refractivity contribution < 1.29 is 4.79 Å². The van der Waals surface area contributed by atoms with Gasteiger partial charge in [0.2, 0.25) is 0 Å². The molecule has 94 valence electrons. The maximum Gasteiger partial charge on any atom is 0.251 e. The van der Waals surface area contributed by atoms with Crippen LogP contribution in [0.1, 0.15) is 43.5 Å². The van der Waals surface area contributed by atoms with Crippen molar-refractivity contribution in [1.29, 1.82) is 0 Å².